The third kappa shape index (κ3) is 4.65. The lowest BCUT2D eigenvalue weighted by Gasteiger charge is -2.30. The van der Waals surface area contributed by atoms with Gasteiger partial charge in [0.15, 0.2) is 0 Å². The van der Waals surface area contributed by atoms with Crippen LogP contribution in [0.2, 0.25) is 6.82 Å². The van der Waals surface area contributed by atoms with Crippen LogP contribution < -0.4 is 5.23 Å². The summed E-state index contributed by atoms with van der Waals surface area (Å²) in [4.78, 5) is 16.9. The van der Waals surface area contributed by atoms with Gasteiger partial charge in [0.25, 0.3) is 0 Å². The Kier molecular flexibility index (Phi) is 5.95. The highest BCUT2D eigenvalue weighted by Gasteiger charge is 2.29. The highest BCUT2D eigenvalue weighted by molar-refractivity contribution is 6.45. The molecule has 0 radical (unpaired) electrons. The van der Waals surface area contributed by atoms with Gasteiger partial charge in [0.05, 0.1) is 7.11 Å². The molecular formula is C11H23BN2O3. The molecule has 1 amide bonds. The quantitative estimate of drug-likeness (QED) is 0.544. The third-order valence-electron chi connectivity index (χ3n) is 3.42. The van der Waals surface area contributed by atoms with E-state index in [0.29, 0.717) is 5.92 Å². The average Bonchev–Trinajstić information content (AvgIpc) is 2.34. The number of nitrogens with one attached hydrogen (secondary N) is 1. The number of hydrogen-bond donors (Lipinski definition) is 2. The number of amides is 1. The number of carbonyl (C=O) groups excluding carboxylic acids is 1. The van der Waals surface area contributed by atoms with Crippen LogP contribution in [0, 0.1) is 11.8 Å². The summed E-state index contributed by atoms with van der Waals surface area (Å²) in [7, 11) is 2.68. The summed E-state index contributed by atoms with van der Waals surface area (Å²) in [6, 6.07) is 0. The first-order chi connectivity index (χ1) is 8.04. The van der Waals surface area contributed by atoms with Gasteiger partial charge in [-0.1, -0.05) is 6.42 Å². The molecule has 1 fully saturated rings. The number of hydroxylamine groups is 2. The number of carbonyl (C=O) groups is 1. The molecule has 0 spiro atoms. The van der Waals surface area contributed by atoms with Crippen molar-refractivity contribution in [3.63, 3.8) is 0 Å². The fourth-order valence-corrected chi connectivity index (χ4v) is 2.38. The SMILES string of the molecule is CON(C)C(=O)[C@@H]1CCC[C@H](CNB(C)O)C1. The maximum absolute atomic E-state index is 11.9. The van der Waals surface area contributed by atoms with Crippen LogP contribution in [-0.4, -0.2) is 43.7 Å². The fourth-order valence-electron chi connectivity index (χ4n) is 2.38. The fraction of sp³-hybridized carbons (Fsp3) is 0.909. The molecule has 2 N–H and O–H groups in total. The lowest BCUT2D eigenvalue weighted by molar-refractivity contribution is -0.174. The lowest BCUT2D eigenvalue weighted by Crippen LogP contribution is -2.39. The lowest BCUT2D eigenvalue weighted by atomic mass is 9.79. The highest BCUT2D eigenvalue weighted by atomic mass is 16.7. The summed E-state index contributed by atoms with van der Waals surface area (Å²) >= 11 is 0. The first kappa shape index (κ1) is 14.5. The number of nitrogens with zero attached hydrogens (tertiary/aromatic N) is 1. The van der Waals surface area contributed by atoms with Crippen molar-refractivity contribution in [3.05, 3.63) is 0 Å². The molecule has 0 aliphatic heterocycles. The van der Waals surface area contributed by atoms with E-state index in [1.54, 1.807) is 13.9 Å². The van der Waals surface area contributed by atoms with Gasteiger partial charge in [-0.25, -0.2) is 5.06 Å². The molecule has 1 saturated carbocycles. The van der Waals surface area contributed by atoms with Crippen molar-refractivity contribution >= 4 is 13.0 Å². The molecule has 6 heteroatoms. The van der Waals surface area contributed by atoms with Gasteiger partial charge in [0.1, 0.15) is 0 Å². The maximum Gasteiger partial charge on any atom is 0.373 e. The Morgan fingerprint density at radius 2 is 2.29 bits per heavy atom. The van der Waals surface area contributed by atoms with E-state index < -0.39 is 7.05 Å². The van der Waals surface area contributed by atoms with E-state index in [0.717, 1.165) is 32.2 Å². The van der Waals surface area contributed by atoms with Crippen LogP contribution in [0.25, 0.3) is 0 Å². The molecule has 1 aliphatic carbocycles. The molecule has 0 unspecified atom stereocenters. The monoisotopic (exact) mass is 242 g/mol. The van der Waals surface area contributed by atoms with E-state index in [1.807, 2.05) is 0 Å². The molecule has 0 aromatic carbocycles. The second-order valence-electron chi connectivity index (χ2n) is 4.83. The van der Waals surface area contributed by atoms with Crippen LogP contribution in [0.4, 0.5) is 0 Å². The predicted molar refractivity (Wildman–Crippen MR) is 67.1 cm³/mol. The van der Waals surface area contributed by atoms with Crippen molar-refractivity contribution in [1.82, 2.24) is 10.3 Å². The Hall–Kier alpha value is -0.585. The smallest absolute Gasteiger partial charge is 0.373 e. The van der Waals surface area contributed by atoms with Gasteiger partial charge >= 0.3 is 7.05 Å². The average molecular weight is 242 g/mol. The van der Waals surface area contributed by atoms with Crippen molar-refractivity contribution in [1.29, 1.82) is 0 Å². The molecule has 2 atom stereocenters. The van der Waals surface area contributed by atoms with E-state index >= 15 is 0 Å². The Morgan fingerprint density at radius 3 is 2.88 bits per heavy atom. The summed E-state index contributed by atoms with van der Waals surface area (Å²) in [6.07, 6.45) is 4.02. The van der Waals surface area contributed by atoms with Gasteiger partial charge in [-0.3, -0.25) is 9.63 Å². The summed E-state index contributed by atoms with van der Waals surface area (Å²) in [5, 5.41) is 13.5. The highest BCUT2D eigenvalue weighted by Crippen LogP contribution is 2.29. The number of hydrogen-bond acceptors (Lipinski definition) is 4. The van der Waals surface area contributed by atoms with E-state index in [9.17, 15) is 9.82 Å². The topological polar surface area (TPSA) is 61.8 Å². The van der Waals surface area contributed by atoms with Crippen LogP contribution in [-0.2, 0) is 9.63 Å². The van der Waals surface area contributed by atoms with E-state index in [2.05, 4.69) is 5.23 Å². The zero-order valence-corrected chi connectivity index (χ0v) is 11.0. The molecule has 0 saturated heterocycles. The van der Waals surface area contributed by atoms with Crippen molar-refractivity contribution in [2.24, 2.45) is 11.8 Å². The largest absolute Gasteiger partial charge is 0.437 e. The van der Waals surface area contributed by atoms with Gasteiger partial charge < -0.3 is 10.3 Å². The third-order valence-corrected chi connectivity index (χ3v) is 3.42. The molecule has 1 rings (SSSR count). The Bertz CT molecular complexity index is 251. The zero-order chi connectivity index (χ0) is 12.8. The van der Waals surface area contributed by atoms with Crippen molar-refractivity contribution in [2.45, 2.75) is 32.5 Å². The van der Waals surface area contributed by atoms with Gasteiger partial charge in [0.2, 0.25) is 5.91 Å². The Balaban J connectivity index is 2.40. The van der Waals surface area contributed by atoms with Crippen molar-refractivity contribution < 1.29 is 14.7 Å². The second-order valence-corrected chi connectivity index (χ2v) is 4.83. The summed E-state index contributed by atoms with van der Waals surface area (Å²) in [6.45, 7) is 2.49. The number of rotatable bonds is 5. The maximum atomic E-state index is 11.9. The molecule has 17 heavy (non-hydrogen) atoms. The normalized spacial score (nSPS) is 24.5. The van der Waals surface area contributed by atoms with E-state index in [4.69, 9.17) is 4.84 Å². The molecule has 0 aromatic rings. The standard InChI is InChI=1S/C11H23BN2O3/c1-12(16)13-8-9-5-4-6-10(7-9)11(15)14(2)17-3/h9-10,13,16H,4-8H2,1-3H3/t9-,10+/m0/s1. The van der Waals surface area contributed by atoms with Gasteiger partial charge in [0, 0.05) is 13.0 Å². The molecule has 98 valence electrons. The minimum absolute atomic E-state index is 0.0641. The molecule has 1 aliphatic rings. The van der Waals surface area contributed by atoms with Crippen LogP contribution in [0.1, 0.15) is 25.7 Å². The van der Waals surface area contributed by atoms with Crippen molar-refractivity contribution in [2.75, 3.05) is 20.7 Å². The molecule has 0 aromatic heterocycles. The van der Waals surface area contributed by atoms with Crippen LogP contribution in [0.15, 0.2) is 0 Å². The van der Waals surface area contributed by atoms with Crippen LogP contribution in [0.5, 0.6) is 0 Å². The first-order valence-electron chi connectivity index (χ1n) is 6.27. The van der Waals surface area contributed by atoms with Gasteiger partial charge in [-0.15, -0.1) is 0 Å². The van der Waals surface area contributed by atoms with Crippen LogP contribution in [0.3, 0.4) is 0 Å². The minimum atomic E-state index is -0.479. The molecule has 0 bridgehead atoms. The van der Waals surface area contributed by atoms with Crippen molar-refractivity contribution in [3.8, 4) is 0 Å². The predicted octanol–water partition coefficient (Wildman–Crippen LogP) is 0.512. The zero-order valence-electron chi connectivity index (χ0n) is 11.0. The van der Waals surface area contributed by atoms with Gasteiger partial charge in [-0.2, -0.15) is 0 Å². The molecule has 0 heterocycles. The van der Waals surface area contributed by atoms with E-state index in [-0.39, 0.29) is 11.8 Å². The summed E-state index contributed by atoms with van der Waals surface area (Å²) < 4.78 is 0. The minimum Gasteiger partial charge on any atom is -0.437 e. The first-order valence-corrected chi connectivity index (χ1v) is 6.27. The van der Waals surface area contributed by atoms with Crippen LogP contribution >= 0.6 is 0 Å². The molecule has 5 nitrogen and oxygen atoms in total. The van der Waals surface area contributed by atoms with Gasteiger partial charge in [-0.05, 0) is 38.5 Å². The molecular weight excluding hydrogens is 219 g/mol. The summed E-state index contributed by atoms with van der Waals surface area (Å²) in [5.41, 5.74) is 0. The Labute approximate surface area is 104 Å². The summed E-state index contributed by atoms with van der Waals surface area (Å²) in [5.74, 6) is 0.598. The Morgan fingerprint density at radius 1 is 1.59 bits per heavy atom. The van der Waals surface area contributed by atoms with E-state index in [1.165, 1.54) is 12.2 Å². The second kappa shape index (κ2) is 6.98.